The molecule has 0 aliphatic rings. The second-order valence-corrected chi connectivity index (χ2v) is 5.24. The Bertz CT molecular complexity index is 282. The molecule has 0 radical (unpaired) electrons. The van der Waals surface area contributed by atoms with Gasteiger partial charge in [0.05, 0.1) is 5.69 Å². The van der Waals surface area contributed by atoms with E-state index in [9.17, 15) is 0 Å². The standard InChI is InChI=1S/C12H19BrN2/c1-9(2)10(3)6-14-8-12-5-4-11(13)7-15-12/h4-5,7,9-10,14H,6,8H2,1-3H3. The smallest absolute Gasteiger partial charge is 0.0542 e. The zero-order chi connectivity index (χ0) is 11.3. The molecular weight excluding hydrogens is 252 g/mol. The SMILES string of the molecule is CC(C)C(C)CNCc1ccc(Br)cn1. The molecule has 0 amide bonds. The third kappa shape index (κ3) is 4.76. The minimum atomic E-state index is 0.709. The van der Waals surface area contributed by atoms with Gasteiger partial charge >= 0.3 is 0 Å². The van der Waals surface area contributed by atoms with Crippen LogP contribution in [0.3, 0.4) is 0 Å². The summed E-state index contributed by atoms with van der Waals surface area (Å²) in [5.74, 6) is 1.44. The first kappa shape index (κ1) is 12.7. The van der Waals surface area contributed by atoms with Gasteiger partial charge in [0.25, 0.3) is 0 Å². The van der Waals surface area contributed by atoms with Gasteiger partial charge in [-0.05, 0) is 46.4 Å². The Kier molecular flexibility index (Phi) is 5.26. The largest absolute Gasteiger partial charge is 0.311 e. The van der Waals surface area contributed by atoms with Gasteiger partial charge in [-0.1, -0.05) is 20.8 Å². The molecule has 3 heteroatoms. The summed E-state index contributed by atoms with van der Waals surface area (Å²) in [6.07, 6.45) is 1.84. The van der Waals surface area contributed by atoms with Crippen LogP contribution in [0.15, 0.2) is 22.8 Å². The minimum Gasteiger partial charge on any atom is -0.311 e. The number of pyridine rings is 1. The van der Waals surface area contributed by atoms with Crippen LogP contribution in [0.2, 0.25) is 0 Å². The van der Waals surface area contributed by atoms with Gasteiger partial charge in [-0.2, -0.15) is 0 Å². The van der Waals surface area contributed by atoms with Crippen LogP contribution in [0.1, 0.15) is 26.5 Å². The van der Waals surface area contributed by atoms with Gasteiger partial charge in [0.2, 0.25) is 0 Å². The van der Waals surface area contributed by atoms with Crippen LogP contribution in [0.5, 0.6) is 0 Å². The lowest BCUT2D eigenvalue weighted by Gasteiger charge is -2.15. The van der Waals surface area contributed by atoms with Gasteiger partial charge in [-0.25, -0.2) is 0 Å². The summed E-state index contributed by atoms with van der Waals surface area (Å²) in [6, 6.07) is 4.06. The summed E-state index contributed by atoms with van der Waals surface area (Å²) in [6.45, 7) is 8.68. The average Bonchev–Trinajstić information content (AvgIpc) is 2.20. The van der Waals surface area contributed by atoms with Crippen molar-refractivity contribution in [2.45, 2.75) is 27.3 Å². The highest BCUT2D eigenvalue weighted by atomic mass is 79.9. The van der Waals surface area contributed by atoms with Crippen LogP contribution in [0, 0.1) is 11.8 Å². The summed E-state index contributed by atoms with van der Waals surface area (Å²) in [7, 11) is 0. The van der Waals surface area contributed by atoms with Crippen LogP contribution in [0.4, 0.5) is 0 Å². The highest BCUT2D eigenvalue weighted by Crippen LogP contribution is 2.09. The summed E-state index contributed by atoms with van der Waals surface area (Å²) in [5.41, 5.74) is 1.09. The van der Waals surface area contributed by atoms with Crippen molar-refractivity contribution in [3.05, 3.63) is 28.5 Å². The minimum absolute atomic E-state index is 0.709. The molecule has 1 heterocycles. The number of aromatic nitrogens is 1. The number of hydrogen-bond acceptors (Lipinski definition) is 2. The predicted molar refractivity (Wildman–Crippen MR) is 67.6 cm³/mol. The summed E-state index contributed by atoms with van der Waals surface area (Å²) in [5, 5.41) is 3.42. The lowest BCUT2D eigenvalue weighted by Crippen LogP contribution is -2.24. The van der Waals surface area contributed by atoms with E-state index in [2.05, 4.69) is 47.0 Å². The summed E-state index contributed by atoms with van der Waals surface area (Å²) >= 11 is 3.37. The van der Waals surface area contributed by atoms with Crippen molar-refractivity contribution < 1.29 is 0 Å². The Hall–Kier alpha value is -0.410. The number of halogens is 1. The fraction of sp³-hybridized carbons (Fsp3) is 0.583. The van der Waals surface area contributed by atoms with Gasteiger partial charge in [-0.3, -0.25) is 4.98 Å². The molecule has 0 fully saturated rings. The van der Waals surface area contributed by atoms with Gasteiger partial charge in [0.15, 0.2) is 0 Å². The number of hydrogen-bond donors (Lipinski definition) is 1. The van der Waals surface area contributed by atoms with Crippen molar-refractivity contribution in [2.24, 2.45) is 11.8 Å². The van der Waals surface area contributed by atoms with Crippen LogP contribution in [-0.2, 0) is 6.54 Å². The Balaban J connectivity index is 2.29. The van der Waals surface area contributed by atoms with Gasteiger partial charge < -0.3 is 5.32 Å². The first-order valence-electron chi connectivity index (χ1n) is 5.40. The molecule has 1 rings (SSSR count). The molecular formula is C12H19BrN2. The Labute approximate surface area is 101 Å². The van der Waals surface area contributed by atoms with E-state index < -0.39 is 0 Å². The third-order valence-electron chi connectivity index (χ3n) is 2.70. The summed E-state index contributed by atoms with van der Waals surface area (Å²) in [4.78, 5) is 4.31. The highest BCUT2D eigenvalue weighted by molar-refractivity contribution is 9.10. The first-order chi connectivity index (χ1) is 7.09. The third-order valence-corrected chi connectivity index (χ3v) is 3.17. The average molecular weight is 271 g/mol. The Morgan fingerprint density at radius 1 is 1.33 bits per heavy atom. The Morgan fingerprint density at radius 2 is 2.07 bits per heavy atom. The molecule has 2 nitrogen and oxygen atoms in total. The maximum Gasteiger partial charge on any atom is 0.0542 e. The van der Waals surface area contributed by atoms with Crippen molar-refractivity contribution in [1.29, 1.82) is 0 Å². The van der Waals surface area contributed by atoms with Gasteiger partial charge in [0.1, 0.15) is 0 Å². The van der Waals surface area contributed by atoms with E-state index in [1.54, 1.807) is 0 Å². The van der Waals surface area contributed by atoms with Crippen molar-refractivity contribution in [2.75, 3.05) is 6.54 Å². The lowest BCUT2D eigenvalue weighted by molar-refractivity contribution is 0.391. The quantitative estimate of drug-likeness (QED) is 0.889. The molecule has 0 saturated heterocycles. The number of nitrogens with zero attached hydrogens (tertiary/aromatic N) is 1. The molecule has 1 N–H and O–H groups in total. The second kappa shape index (κ2) is 6.23. The number of nitrogens with one attached hydrogen (secondary N) is 1. The van der Waals surface area contributed by atoms with Crippen molar-refractivity contribution in [3.63, 3.8) is 0 Å². The van der Waals surface area contributed by atoms with Crippen LogP contribution in [0.25, 0.3) is 0 Å². The van der Waals surface area contributed by atoms with E-state index in [-0.39, 0.29) is 0 Å². The molecule has 0 aliphatic heterocycles. The molecule has 84 valence electrons. The molecule has 1 unspecified atom stereocenters. The van der Waals surface area contributed by atoms with E-state index in [0.29, 0.717) is 5.92 Å². The van der Waals surface area contributed by atoms with Gasteiger partial charge in [0, 0.05) is 17.2 Å². The maximum absolute atomic E-state index is 4.31. The van der Waals surface area contributed by atoms with Crippen molar-refractivity contribution in [3.8, 4) is 0 Å². The molecule has 0 aromatic carbocycles. The molecule has 15 heavy (non-hydrogen) atoms. The highest BCUT2D eigenvalue weighted by Gasteiger charge is 2.05. The Morgan fingerprint density at radius 3 is 2.60 bits per heavy atom. The fourth-order valence-electron chi connectivity index (χ4n) is 1.17. The van der Waals surface area contributed by atoms with Crippen molar-refractivity contribution in [1.82, 2.24) is 10.3 Å². The van der Waals surface area contributed by atoms with E-state index in [1.807, 2.05) is 18.3 Å². The topological polar surface area (TPSA) is 24.9 Å². The second-order valence-electron chi connectivity index (χ2n) is 4.32. The van der Waals surface area contributed by atoms with Crippen molar-refractivity contribution >= 4 is 15.9 Å². The normalized spacial score (nSPS) is 13.1. The van der Waals surface area contributed by atoms with Gasteiger partial charge in [-0.15, -0.1) is 0 Å². The van der Waals surface area contributed by atoms with Crippen LogP contribution >= 0.6 is 15.9 Å². The van der Waals surface area contributed by atoms with Crippen LogP contribution < -0.4 is 5.32 Å². The van der Waals surface area contributed by atoms with E-state index in [0.717, 1.165) is 29.2 Å². The fourth-order valence-corrected chi connectivity index (χ4v) is 1.41. The molecule has 0 saturated carbocycles. The molecule has 1 aromatic rings. The van der Waals surface area contributed by atoms with E-state index in [1.165, 1.54) is 0 Å². The zero-order valence-corrected chi connectivity index (χ0v) is 11.2. The van der Waals surface area contributed by atoms with E-state index in [4.69, 9.17) is 0 Å². The monoisotopic (exact) mass is 270 g/mol. The summed E-state index contributed by atoms with van der Waals surface area (Å²) < 4.78 is 1.03. The molecule has 0 spiro atoms. The molecule has 1 aromatic heterocycles. The molecule has 1 atom stereocenters. The lowest BCUT2D eigenvalue weighted by atomic mass is 9.98. The first-order valence-corrected chi connectivity index (χ1v) is 6.20. The molecule has 0 bridgehead atoms. The van der Waals surface area contributed by atoms with E-state index >= 15 is 0 Å². The predicted octanol–water partition coefficient (Wildman–Crippen LogP) is 3.23. The van der Waals surface area contributed by atoms with Crippen LogP contribution in [-0.4, -0.2) is 11.5 Å². The molecule has 0 aliphatic carbocycles. The zero-order valence-electron chi connectivity index (χ0n) is 9.63. The maximum atomic E-state index is 4.31. The number of rotatable bonds is 5.